The normalized spacial score (nSPS) is 14.7. The fourth-order valence-corrected chi connectivity index (χ4v) is 4.00. The van der Waals surface area contributed by atoms with E-state index in [1.54, 1.807) is 19.1 Å². The van der Waals surface area contributed by atoms with E-state index in [1.807, 2.05) is 36.4 Å². The Labute approximate surface area is 187 Å². The second-order valence-electron chi connectivity index (χ2n) is 6.97. The van der Waals surface area contributed by atoms with Crippen LogP contribution in [-0.4, -0.2) is 34.3 Å². The van der Waals surface area contributed by atoms with Crippen LogP contribution in [0.5, 0.6) is 5.75 Å². The van der Waals surface area contributed by atoms with Crippen LogP contribution in [-0.2, 0) is 9.59 Å². The molecule has 0 bridgehead atoms. The summed E-state index contributed by atoms with van der Waals surface area (Å²) in [7, 11) is 0. The molecule has 0 unspecified atom stereocenters. The van der Waals surface area contributed by atoms with Crippen molar-refractivity contribution in [2.75, 3.05) is 17.3 Å². The number of hydrogen-bond donors (Lipinski definition) is 1. The van der Waals surface area contributed by atoms with Gasteiger partial charge in [0, 0.05) is 12.1 Å². The molecule has 4 rings (SSSR count). The highest BCUT2D eigenvalue weighted by Crippen LogP contribution is 2.32. The van der Waals surface area contributed by atoms with Crippen LogP contribution >= 0.6 is 11.8 Å². The van der Waals surface area contributed by atoms with E-state index in [-0.39, 0.29) is 29.1 Å². The van der Waals surface area contributed by atoms with Crippen molar-refractivity contribution in [3.63, 3.8) is 0 Å². The summed E-state index contributed by atoms with van der Waals surface area (Å²) in [6, 6.07) is 17.6. The molecular formula is C22H18N4O5S. The van der Waals surface area contributed by atoms with Crippen molar-refractivity contribution in [1.82, 2.24) is 5.43 Å². The van der Waals surface area contributed by atoms with Crippen LogP contribution in [0.25, 0.3) is 10.8 Å². The molecule has 10 heteroatoms. The number of thioether (sulfide) groups is 1. The maximum atomic E-state index is 12.4. The van der Waals surface area contributed by atoms with E-state index < -0.39 is 10.8 Å². The lowest BCUT2D eigenvalue weighted by Gasteiger charge is -2.18. The van der Waals surface area contributed by atoms with Gasteiger partial charge >= 0.3 is 0 Å². The fourth-order valence-electron chi connectivity index (χ4n) is 3.18. The average Bonchev–Trinajstić information content (AvgIpc) is 3.16. The van der Waals surface area contributed by atoms with Crippen LogP contribution in [0.2, 0.25) is 0 Å². The molecule has 162 valence electrons. The fraction of sp³-hybridized carbons (Fsp3) is 0.136. The van der Waals surface area contributed by atoms with Gasteiger partial charge in [-0.25, -0.2) is 5.43 Å². The molecule has 1 saturated heterocycles. The molecule has 0 aliphatic carbocycles. The van der Waals surface area contributed by atoms with Crippen molar-refractivity contribution in [3.8, 4) is 5.75 Å². The number of amides is 2. The molecule has 3 aromatic carbocycles. The number of nitro groups is 1. The predicted molar refractivity (Wildman–Crippen MR) is 123 cm³/mol. The first-order chi connectivity index (χ1) is 15.4. The number of hydrazone groups is 1. The van der Waals surface area contributed by atoms with Gasteiger partial charge in [0.1, 0.15) is 5.75 Å². The zero-order valence-electron chi connectivity index (χ0n) is 17.0. The molecule has 1 aliphatic rings. The molecule has 0 atom stereocenters. The van der Waals surface area contributed by atoms with Crippen molar-refractivity contribution in [1.29, 1.82) is 0 Å². The molecule has 1 N–H and O–H groups in total. The van der Waals surface area contributed by atoms with E-state index in [9.17, 15) is 19.7 Å². The lowest BCUT2D eigenvalue weighted by molar-refractivity contribution is -0.384. The van der Waals surface area contributed by atoms with Crippen LogP contribution in [0.4, 0.5) is 11.4 Å². The molecule has 0 spiro atoms. The number of ether oxygens (including phenoxy) is 1. The summed E-state index contributed by atoms with van der Waals surface area (Å²) < 4.78 is 5.54. The number of benzene rings is 3. The number of carbonyl (C=O) groups is 2. The number of nitro benzene ring substituents is 1. The van der Waals surface area contributed by atoms with Crippen LogP contribution in [0.1, 0.15) is 5.56 Å². The zero-order chi connectivity index (χ0) is 22.7. The van der Waals surface area contributed by atoms with Gasteiger partial charge in [0.15, 0.2) is 11.8 Å². The summed E-state index contributed by atoms with van der Waals surface area (Å²) in [6.45, 7) is 1.48. The third kappa shape index (κ3) is 4.54. The molecule has 3 aromatic rings. The second kappa shape index (κ2) is 9.06. The monoisotopic (exact) mass is 450 g/mol. The number of hydrogen-bond acceptors (Lipinski definition) is 7. The molecule has 1 fully saturated rings. The first-order valence-electron chi connectivity index (χ1n) is 9.61. The van der Waals surface area contributed by atoms with Gasteiger partial charge in [0.05, 0.1) is 16.4 Å². The summed E-state index contributed by atoms with van der Waals surface area (Å²) in [5.41, 5.74) is 3.28. The Morgan fingerprint density at radius 2 is 1.97 bits per heavy atom. The van der Waals surface area contributed by atoms with Crippen molar-refractivity contribution in [3.05, 3.63) is 76.3 Å². The maximum absolute atomic E-state index is 12.4. The average molecular weight is 450 g/mol. The van der Waals surface area contributed by atoms with Crippen molar-refractivity contribution in [2.24, 2.45) is 5.10 Å². The molecule has 1 aliphatic heterocycles. The van der Waals surface area contributed by atoms with Crippen LogP contribution in [0.3, 0.4) is 0 Å². The number of amidine groups is 1. The predicted octanol–water partition coefficient (Wildman–Crippen LogP) is 3.60. The largest absolute Gasteiger partial charge is 0.484 e. The number of non-ortho nitro benzene ring substituents is 1. The van der Waals surface area contributed by atoms with Gasteiger partial charge in [0.2, 0.25) is 5.91 Å². The smallest absolute Gasteiger partial charge is 0.278 e. The molecule has 0 saturated carbocycles. The van der Waals surface area contributed by atoms with E-state index in [1.165, 1.54) is 17.0 Å². The topological polar surface area (TPSA) is 114 Å². The lowest BCUT2D eigenvalue weighted by atomic mass is 10.1. The number of rotatable bonds is 6. The number of anilines is 1. The molecule has 9 nitrogen and oxygen atoms in total. The number of aryl methyl sites for hydroxylation is 1. The Morgan fingerprint density at radius 1 is 1.19 bits per heavy atom. The highest BCUT2D eigenvalue weighted by Gasteiger charge is 2.32. The van der Waals surface area contributed by atoms with Crippen molar-refractivity contribution in [2.45, 2.75) is 6.92 Å². The Hall–Kier alpha value is -3.92. The summed E-state index contributed by atoms with van der Waals surface area (Å²) in [5, 5.41) is 17.5. The van der Waals surface area contributed by atoms with Crippen LogP contribution in [0.15, 0.2) is 65.8 Å². The Bertz CT molecular complexity index is 1260. The van der Waals surface area contributed by atoms with Gasteiger partial charge in [-0.3, -0.25) is 24.6 Å². The van der Waals surface area contributed by atoms with Crippen LogP contribution < -0.4 is 15.1 Å². The summed E-state index contributed by atoms with van der Waals surface area (Å²) in [6.07, 6.45) is 0. The SMILES string of the molecule is Cc1ccc([N+](=O)[O-])cc1N1C(=O)CS/C1=N/NC(=O)COc1ccc2ccccc2c1. The molecule has 0 aromatic heterocycles. The van der Waals surface area contributed by atoms with E-state index in [4.69, 9.17) is 4.74 Å². The van der Waals surface area contributed by atoms with Crippen molar-refractivity contribution < 1.29 is 19.2 Å². The molecule has 32 heavy (non-hydrogen) atoms. The van der Waals surface area contributed by atoms with Crippen molar-refractivity contribution >= 4 is 50.9 Å². The zero-order valence-corrected chi connectivity index (χ0v) is 17.8. The molecular weight excluding hydrogens is 432 g/mol. The molecule has 0 radical (unpaired) electrons. The lowest BCUT2D eigenvalue weighted by Crippen LogP contribution is -2.33. The number of fused-ring (bicyclic) bond motifs is 1. The Balaban J connectivity index is 1.44. The number of nitrogens with zero attached hydrogens (tertiary/aromatic N) is 3. The summed E-state index contributed by atoms with van der Waals surface area (Å²) in [4.78, 5) is 36.5. The maximum Gasteiger partial charge on any atom is 0.278 e. The van der Waals surface area contributed by atoms with Crippen LogP contribution in [0, 0.1) is 17.0 Å². The van der Waals surface area contributed by atoms with E-state index in [0.717, 1.165) is 22.5 Å². The minimum atomic E-state index is -0.528. The summed E-state index contributed by atoms with van der Waals surface area (Å²) >= 11 is 1.14. The van der Waals surface area contributed by atoms with Gasteiger partial charge in [-0.05, 0) is 35.4 Å². The highest BCUT2D eigenvalue weighted by molar-refractivity contribution is 8.15. The van der Waals surface area contributed by atoms with Gasteiger partial charge in [0.25, 0.3) is 11.6 Å². The number of nitrogens with one attached hydrogen (secondary N) is 1. The van der Waals surface area contributed by atoms with Gasteiger partial charge < -0.3 is 4.74 Å². The first-order valence-corrected chi connectivity index (χ1v) is 10.6. The number of carbonyl (C=O) groups excluding carboxylic acids is 2. The third-order valence-electron chi connectivity index (χ3n) is 4.78. The minimum Gasteiger partial charge on any atom is -0.484 e. The highest BCUT2D eigenvalue weighted by atomic mass is 32.2. The van der Waals surface area contributed by atoms with Gasteiger partial charge in [-0.2, -0.15) is 0 Å². The van der Waals surface area contributed by atoms with Gasteiger partial charge in [-0.1, -0.05) is 48.2 Å². The Morgan fingerprint density at radius 3 is 2.75 bits per heavy atom. The van der Waals surface area contributed by atoms with E-state index in [0.29, 0.717) is 17.0 Å². The minimum absolute atomic E-state index is 0.116. The van der Waals surface area contributed by atoms with Gasteiger partial charge in [-0.15, -0.1) is 5.10 Å². The first kappa shape index (κ1) is 21.3. The third-order valence-corrected chi connectivity index (χ3v) is 5.70. The second-order valence-corrected chi connectivity index (χ2v) is 7.92. The quantitative estimate of drug-likeness (QED) is 0.453. The van der Waals surface area contributed by atoms with E-state index >= 15 is 0 Å². The Kier molecular flexibility index (Phi) is 6.04. The molecule has 1 heterocycles. The van der Waals surface area contributed by atoms with E-state index in [2.05, 4.69) is 10.5 Å². The standard InChI is InChI=1S/C22H18N4O5S/c1-14-6-8-17(26(29)30)11-19(14)25-21(28)13-32-22(25)24-23-20(27)12-31-18-9-7-15-4-2-3-5-16(15)10-18/h2-11H,12-13H2,1H3,(H,23,27)/b24-22+. The molecule has 2 amide bonds. The summed E-state index contributed by atoms with van der Waals surface area (Å²) in [5.74, 6) is -0.115.